The van der Waals surface area contributed by atoms with E-state index in [1.54, 1.807) is 0 Å². The number of benzene rings is 1. The number of hydrogen-bond donors (Lipinski definition) is 0. The van der Waals surface area contributed by atoms with Crippen molar-refractivity contribution in [2.45, 2.75) is 83.2 Å². The van der Waals surface area contributed by atoms with Crippen LogP contribution in [0.5, 0.6) is 0 Å². The number of fused-ring (bicyclic) bond motifs is 1. The standard InChI is InChI=1S/C23H35NO2.ClH/c1-2-3-4-5-6-7-8-11-16-24-17-14-23(15-18-24)19-20-12-9-10-13-21(20)22(25)26-23;/h9-10,12-13H,2-8,11,14-19H2,1H3;1H. The van der Waals surface area contributed by atoms with E-state index in [0.29, 0.717) is 0 Å². The molecule has 27 heavy (non-hydrogen) atoms. The van der Waals surface area contributed by atoms with E-state index in [2.05, 4.69) is 17.9 Å². The molecule has 0 saturated carbocycles. The van der Waals surface area contributed by atoms with Crippen molar-refractivity contribution >= 4 is 18.4 Å². The van der Waals surface area contributed by atoms with Gasteiger partial charge in [-0.05, 0) is 24.6 Å². The molecule has 2 aliphatic rings. The summed E-state index contributed by atoms with van der Waals surface area (Å²) in [6.07, 6.45) is 13.8. The molecule has 0 aromatic heterocycles. The Balaban J connectivity index is 0.00000261. The molecule has 4 heteroatoms. The molecule has 2 heterocycles. The van der Waals surface area contributed by atoms with Crippen LogP contribution in [0.25, 0.3) is 0 Å². The molecular weight excluding hydrogens is 358 g/mol. The van der Waals surface area contributed by atoms with E-state index in [-0.39, 0.29) is 24.0 Å². The van der Waals surface area contributed by atoms with Crippen LogP contribution in [0, 0.1) is 0 Å². The summed E-state index contributed by atoms with van der Waals surface area (Å²) >= 11 is 0. The maximum absolute atomic E-state index is 12.3. The minimum atomic E-state index is -0.249. The number of carbonyl (C=O) groups excluding carboxylic acids is 1. The maximum Gasteiger partial charge on any atom is 0.338 e. The summed E-state index contributed by atoms with van der Waals surface area (Å²) < 4.78 is 5.91. The fourth-order valence-corrected chi connectivity index (χ4v) is 4.44. The number of halogens is 1. The van der Waals surface area contributed by atoms with E-state index in [4.69, 9.17) is 4.74 Å². The zero-order chi connectivity index (χ0) is 18.2. The average Bonchev–Trinajstić information content (AvgIpc) is 2.65. The summed E-state index contributed by atoms with van der Waals surface area (Å²) in [5, 5.41) is 0. The number of unbranched alkanes of at least 4 members (excludes halogenated alkanes) is 7. The second-order valence-electron chi connectivity index (χ2n) is 8.22. The number of esters is 1. The molecule has 1 saturated heterocycles. The number of likely N-dealkylation sites (tertiary alicyclic amines) is 1. The van der Waals surface area contributed by atoms with Gasteiger partial charge in [0.05, 0.1) is 5.56 Å². The molecule has 152 valence electrons. The van der Waals surface area contributed by atoms with Gasteiger partial charge in [0.1, 0.15) is 5.60 Å². The molecule has 0 N–H and O–H groups in total. The van der Waals surface area contributed by atoms with E-state index in [0.717, 1.165) is 37.9 Å². The normalized spacial score (nSPS) is 18.6. The Bertz CT molecular complexity index is 581. The molecule has 3 nitrogen and oxygen atoms in total. The van der Waals surface area contributed by atoms with Gasteiger partial charge in [-0.3, -0.25) is 0 Å². The lowest BCUT2D eigenvalue weighted by Gasteiger charge is -2.43. The Hall–Kier alpha value is -1.06. The number of ether oxygens (including phenoxy) is 1. The number of rotatable bonds is 9. The number of piperidine rings is 1. The van der Waals surface area contributed by atoms with Crippen LogP contribution in [0.1, 0.15) is 87.1 Å². The highest BCUT2D eigenvalue weighted by molar-refractivity contribution is 5.92. The average molecular weight is 394 g/mol. The molecule has 2 aliphatic heterocycles. The van der Waals surface area contributed by atoms with Crippen LogP contribution < -0.4 is 0 Å². The van der Waals surface area contributed by atoms with Crippen molar-refractivity contribution in [3.63, 3.8) is 0 Å². The fraction of sp³-hybridized carbons (Fsp3) is 0.696. The summed E-state index contributed by atoms with van der Waals surface area (Å²) in [4.78, 5) is 14.9. The van der Waals surface area contributed by atoms with Crippen molar-refractivity contribution in [1.29, 1.82) is 0 Å². The van der Waals surface area contributed by atoms with Crippen LogP contribution in [0.3, 0.4) is 0 Å². The fourth-order valence-electron chi connectivity index (χ4n) is 4.44. The Kier molecular flexibility index (Phi) is 9.11. The molecule has 0 radical (unpaired) electrons. The first-order valence-electron chi connectivity index (χ1n) is 10.8. The predicted molar refractivity (Wildman–Crippen MR) is 114 cm³/mol. The van der Waals surface area contributed by atoms with E-state index < -0.39 is 0 Å². The van der Waals surface area contributed by atoms with Gasteiger partial charge in [0.15, 0.2) is 0 Å². The first-order chi connectivity index (χ1) is 12.7. The van der Waals surface area contributed by atoms with Gasteiger partial charge in [0, 0.05) is 32.4 Å². The summed E-state index contributed by atoms with van der Waals surface area (Å²) in [6, 6.07) is 7.93. The Morgan fingerprint density at radius 1 is 0.963 bits per heavy atom. The third-order valence-corrected chi connectivity index (χ3v) is 6.15. The summed E-state index contributed by atoms with van der Waals surface area (Å²) in [7, 11) is 0. The zero-order valence-corrected chi connectivity index (χ0v) is 17.7. The van der Waals surface area contributed by atoms with E-state index >= 15 is 0 Å². The Labute approximate surface area is 171 Å². The van der Waals surface area contributed by atoms with Gasteiger partial charge in [-0.1, -0.05) is 70.1 Å². The topological polar surface area (TPSA) is 29.5 Å². The Morgan fingerprint density at radius 3 is 2.30 bits per heavy atom. The highest BCUT2D eigenvalue weighted by Crippen LogP contribution is 2.36. The van der Waals surface area contributed by atoms with Gasteiger partial charge in [-0.25, -0.2) is 4.79 Å². The van der Waals surface area contributed by atoms with E-state index in [1.165, 1.54) is 63.5 Å². The molecule has 1 fully saturated rings. The molecule has 0 amide bonds. The number of nitrogens with zero attached hydrogens (tertiary/aromatic N) is 1. The lowest BCUT2D eigenvalue weighted by atomic mass is 9.81. The van der Waals surface area contributed by atoms with Gasteiger partial charge >= 0.3 is 5.97 Å². The highest BCUT2D eigenvalue weighted by Gasteiger charge is 2.42. The third-order valence-electron chi connectivity index (χ3n) is 6.15. The largest absolute Gasteiger partial charge is 0.455 e. The molecule has 1 aromatic carbocycles. The molecule has 0 atom stereocenters. The minimum Gasteiger partial charge on any atom is -0.455 e. The van der Waals surface area contributed by atoms with Crippen LogP contribution in [0.4, 0.5) is 0 Å². The maximum atomic E-state index is 12.3. The van der Waals surface area contributed by atoms with Gasteiger partial charge in [0.2, 0.25) is 0 Å². The van der Waals surface area contributed by atoms with Gasteiger partial charge in [-0.2, -0.15) is 0 Å². The van der Waals surface area contributed by atoms with Crippen molar-refractivity contribution < 1.29 is 9.53 Å². The third kappa shape index (κ3) is 6.22. The van der Waals surface area contributed by atoms with Crippen molar-refractivity contribution in [3.05, 3.63) is 35.4 Å². The lowest BCUT2D eigenvalue weighted by Crippen LogP contribution is -2.50. The van der Waals surface area contributed by atoms with Crippen LogP contribution in [-0.2, 0) is 11.2 Å². The smallest absolute Gasteiger partial charge is 0.338 e. The van der Waals surface area contributed by atoms with Crippen molar-refractivity contribution in [1.82, 2.24) is 4.90 Å². The second kappa shape index (κ2) is 11.1. The molecule has 0 bridgehead atoms. The van der Waals surface area contributed by atoms with Crippen LogP contribution >= 0.6 is 12.4 Å². The minimum absolute atomic E-state index is 0. The Morgan fingerprint density at radius 2 is 1.59 bits per heavy atom. The zero-order valence-electron chi connectivity index (χ0n) is 16.9. The van der Waals surface area contributed by atoms with Crippen LogP contribution in [-0.4, -0.2) is 36.1 Å². The van der Waals surface area contributed by atoms with E-state index in [9.17, 15) is 4.79 Å². The first kappa shape index (κ1) is 22.2. The van der Waals surface area contributed by atoms with Gasteiger partial charge in [0.25, 0.3) is 0 Å². The molecule has 0 unspecified atom stereocenters. The van der Waals surface area contributed by atoms with Crippen molar-refractivity contribution in [2.75, 3.05) is 19.6 Å². The first-order valence-corrected chi connectivity index (χ1v) is 10.8. The monoisotopic (exact) mass is 393 g/mol. The van der Waals surface area contributed by atoms with Crippen LogP contribution in [0.15, 0.2) is 24.3 Å². The summed E-state index contributed by atoms with van der Waals surface area (Å²) in [5.41, 5.74) is 1.68. The van der Waals surface area contributed by atoms with Gasteiger partial charge in [-0.15, -0.1) is 12.4 Å². The molecule has 3 rings (SSSR count). The predicted octanol–water partition coefficient (Wildman–Crippen LogP) is 5.80. The molecule has 0 aliphatic carbocycles. The summed E-state index contributed by atoms with van der Waals surface area (Å²) in [6.45, 7) is 5.60. The molecule has 1 aromatic rings. The van der Waals surface area contributed by atoms with Gasteiger partial charge < -0.3 is 9.64 Å². The number of hydrogen-bond acceptors (Lipinski definition) is 3. The lowest BCUT2D eigenvalue weighted by molar-refractivity contribution is -0.0566. The quantitative estimate of drug-likeness (QED) is 0.392. The van der Waals surface area contributed by atoms with Crippen molar-refractivity contribution in [2.24, 2.45) is 0 Å². The molecule has 1 spiro atoms. The van der Waals surface area contributed by atoms with Crippen LogP contribution in [0.2, 0.25) is 0 Å². The van der Waals surface area contributed by atoms with Crippen molar-refractivity contribution in [3.8, 4) is 0 Å². The SMILES string of the molecule is CCCCCCCCCCN1CCC2(CC1)Cc1ccccc1C(=O)O2.Cl. The summed E-state index contributed by atoms with van der Waals surface area (Å²) in [5.74, 6) is -0.122. The highest BCUT2D eigenvalue weighted by atomic mass is 35.5. The van der Waals surface area contributed by atoms with E-state index in [1.807, 2.05) is 18.2 Å². The second-order valence-corrected chi connectivity index (χ2v) is 8.22. The number of carbonyl (C=O) groups is 1. The molecular formula is C23H36ClNO2.